The highest BCUT2D eigenvalue weighted by Crippen LogP contribution is 2.36. The fraction of sp³-hybridized carbons (Fsp3) is 0.261. The zero-order chi connectivity index (χ0) is 18.3. The van der Waals surface area contributed by atoms with Gasteiger partial charge in [0.05, 0.1) is 5.39 Å². The molecule has 0 fully saturated rings. The summed E-state index contributed by atoms with van der Waals surface area (Å²) in [6, 6.07) is 16.5. The third-order valence-corrected chi connectivity index (χ3v) is 5.13. The van der Waals surface area contributed by atoms with Crippen LogP contribution < -0.4 is 5.56 Å². The number of rotatable bonds is 4. The fourth-order valence-corrected chi connectivity index (χ4v) is 3.80. The number of nitrogens with zero attached hydrogens (tertiary/aromatic N) is 1. The molecule has 0 aliphatic carbocycles. The van der Waals surface area contributed by atoms with Crippen molar-refractivity contribution in [3.8, 4) is 11.1 Å². The lowest BCUT2D eigenvalue weighted by Crippen LogP contribution is -2.22. The Bertz CT molecular complexity index is 1160. The summed E-state index contributed by atoms with van der Waals surface area (Å²) >= 11 is 0. The summed E-state index contributed by atoms with van der Waals surface area (Å²) in [5.74, 6) is 0.793. The van der Waals surface area contributed by atoms with Crippen molar-refractivity contribution in [2.75, 3.05) is 0 Å². The Balaban J connectivity index is 2.07. The SMILES string of the molecule is CCCCn1c(C)cc2oc(C)c(-c3cccc4ccccc34)c2c1=O. The third kappa shape index (κ3) is 2.55. The molecule has 132 valence electrons. The largest absolute Gasteiger partial charge is 0.460 e. The van der Waals surface area contributed by atoms with Gasteiger partial charge in [-0.3, -0.25) is 4.79 Å². The van der Waals surface area contributed by atoms with Crippen LogP contribution in [0.15, 0.2) is 57.7 Å². The van der Waals surface area contributed by atoms with Crippen molar-refractivity contribution in [3.05, 3.63) is 70.3 Å². The van der Waals surface area contributed by atoms with E-state index in [0.717, 1.165) is 52.7 Å². The molecule has 0 unspecified atom stereocenters. The van der Waals surface area contributed by atoms with Crippen molar-refractivity contribution in [2.24, 2.45) is 0 Å². The standard InChI is InChI=1S/C23H23NO2/c1-4-5-13-24-15(2)14-20-22(23(24)25)21(16(3)26-20)19-12-8-10-17-9-6-7-11-18(17)19/h6-12,14H,4-5,13H2,1-3H3. The highest BCUT2D eigenvalue weighted by molar-refractivity contribution is 6.05. The van der Waals surface area contributed by atoms with E-state index in [1.165, 1.54) is 0 Å². The summed E-state index contributed by atoms with van der Waals surface area (Å²) in [5.41, 5.74) is 3.66. The number of aromatic nitrogens is 1. The maximum absolute atomic E-state index is 13.3. The Morgan fingerprint density at radius 3 is 2.62 bits per heavy atom. The summed E-state index contributed by atoms with van der Waals surface area (Å²) in [5, 5.41) is 3.00. The average molecular weight is 345 g/mol. The zero-order valence-corrected chi connectivity index (χ0v) is 15.5. The Labute approximate surface area is 152 Å². The molecule has 0 aliphatic heterocycles. The Morgan fingerprint density at radius 2 is 1.81 bits per heavy atom. The van der Waals surface area contributed by atoms with Crippen LogP contribution in [0.1, 0.15) is 31.2 Å². The van der Waals surface area contributed by atoms with Gasteiger partial charge in [-0.15, -0.1) is 0 Å². The number of unbranched alkanes of at least 4 members (excludes halogenated alkanes) is 1. The van der Waals surface area contributed by atoms with Gasteiger partial charge < -0.3 is 8.98 Å². The van der Waals surface area contributed by atoms with Gasteiger partial charge in [-0.05, 0) is 36.6 Å². The van der Waals surface area contributed by atoms with Gasteiger partial charge in [-0.2, -0.15) is 0 Å². The molecule has 4 aromatic rings. The molecule has 3 heteroatoms. The van der Waals surface area contributed by atoms with Gasteiger partial charge in [0.1, 0.15) is 11.3 Å². The van der Waals surface area contributed by atoms with Gasteiger partial charge in [-0.25, -0.2) is 0 Å². The first-order valence-corrected chi connectivity index (χ1v) is 9.23. The van der Waals surface area contributed by atoms with E-state index in [0.29, 0.717) is 11.0 Å². The number of benzene rings is 2. The van der Waals surface area contributed by atoms with E-state index >= 15 is 0 Å². The van der Waals surface area contributed by atoms with E-state index in [1.54, 1.807) is 0 Å². The molecule has 0 N–H and O–H groups in total. The van der Waals surface area contributed by atoms with Crippen molar-refractivity contribution in [1.29, 1.82) is 0 Å². The van der Waals surface area contributed by atoms with Crippen molar-refractivity contribution >= 4 is 21.7 Å². The van der Waals surface area contributed by atoms with E-state index < -0.39 is 0 Å². The lowest BCUT2D eigenvalue weighted by molar-refractivity contribution is 0.572. The van der Waals surface area contributed by atoms with Crippen LogP contribution >= 0.6 is 0 Å². The lowest BCUT2D eigenvalue weighted by Gasteiger charge is -2.10. The second-order valence-electron chi connectivity index (χ2n) is 6.90. The molecule has 26 heavy (non-hydrogen) atoms. The molecule has 0 amide bonds. The molecule has 2 aromatic carbocycles. The molecule has 2 aromatic heterocycles. The smallest absolute Gasteiger partial charge is 0.262 e. The lowest BCUT2D eigenvalue weighted by atomic mass is 9.96. The number of aryl methyl sites for hydroxylation is 2. The topological polar surface area (TPSA) is 35.1 Å². The summed E-state index contributed by atoms with van der Waals surface area (Å²) in [7, 11) is 0. The van der Waals surface area contributed by atoms with Crippen LogP contribution in [0.3, 0.4) is 0 Å². The molecule has 0 aliphatic rings. The van der Waals surface area contributed by atoms with E-state index in [1.807, 2.05) is 42.7 Å². The normalized spacial score (nSPS) is 11.5. The second-order valence-corrected chi connectivity index (χ2v) is 6.90. The van der Waals surface area contributed by atoms with Crippen LogP contribution in [-0.2, 0) is 6.54 Å². The van der Waals surface area contributed by atoms with E-state index in [2.05, 4.69) is 31.2 Å². The van der Waals surface area contributed by atoms with Crippen molar-refractivity contribution in [2.45, 2.75) is 40.2 Å². The molecular weight excluding hydrogens is 322 g/mol. The first kappa shape index (κ1) is 16.6. The number of fused-ring (bicyclic) bond motifs is 2. The van der Waals surface area contributed by atoms with E-state index in [-0.39, 0.29) is 5.56 Å². The van der Waals surface area contributed by atoms with Crippen molar-refractivity contribution in [1.82, 2.24) is 4.57 Å². The maximum Gasteiger partial charge on any atom is 0.262 e. The quantitative estimate of drug-likeness (QED) is 0.466. The molecule has 0 saturated carbocycles. The maximum atomic E-state index is 13.3. The van der Waals surface area contributed by atoms with Crippen molar-refractivity contribution in [3.63, 3.8) is 0 Å². The summed E-state index contributed by atoms with van der Waals surface area (Å²) in [6.07, 6.45) is 2.05. The van der Waals surface area contributed by atoms with Gasteiger partial charge in [0.15, 0.2) is 0 Å². The van der Waals surface area contributed by atoms with Gasteiger partial charge >= 0.3 is 0 Å². The highest BCUT2D eigenvalue weighted by atomic mass is 16.3. The van der Waals surface area contributed by atoms with Crippen LogP contribution in [0.2, 0.25) is 0 Å². The van der Waals surface area contributed by atoms with Crippen LogP contribution in [0, 0.1) is 13.8 Å². The number of pyridine rings is 1. The number of furan rings is 1. The predicted octanol–water partition coefficient (Wildman–Crippen LogP) is 5.83. The van der Waals surface area contributed by atoms with E-state index in [4.69, 9.17) is 4.42 Å². The predicted molar refractivity (Wildman–Crippen MR) is 108 cm³/mol. The Kier molecular flexibility index (Phi) is 4.15. The van der Waals surface area contributed by atoms with Gasteiger partial charge in [-0.1, -0.05) is 55.8 Å². The summed E-state index contributed by atoms with van der Waals surface area (Å²) in [6.45, 7) is 6.81. The minimum absolute atomic E-state index is 0.0493. The minimum Gasteiger partial charge on any atom is -0.460 e. The monoisotopic (exact) mass is 345 g/mol. The van der Waals surface area contributed by atoms with Crippen molar-refractivity contribution < 1.29 is 4.42 Å². The minimum atomic E-state index is 0.0493. The van der Waals surface area contributed by atoms with Gasteiger partial charge in [0.25, 0.3) is 5.56 Å². The fourth-order valence-electron chi connectivity index (χ4n) is 3.80. The molecule has 3 nitrogen and oxygen atoms in total. The van der Waals surface area contributed by atoms with E-state index in [9.17, 15) is 4.79 Å². The number of hydrogen-bond donors (Lipinski definition) is 0. The van der Waals surface area contributed by atoms with Crippen LogP contribution in [0.4, 0.5) is 0 Å². The molecule has 2 heterocycles. The van der Waals surface area contributed by atoms with Crippen LogP contribution in [0.5, 0.6) is 0 Å². The Morgan fingerprint density at radius 1 is 1.04 bits per heavy atom. The summed E-state index contributed by atoms with van der Waals surface area (Å²) < 4.78 is 7.89. The van der Waals surface area contributed by atoms with Gasteiger partial charge in [0.2, 0.25) is 0 Å². The molecule has 0 saturated heterocycles. The number of hydrogen-bond acceptors (Lipinski definition) is 2. The first-order valence-electron chi connectivity index (χ1n) is 9.23. The molecular formula is C23H23NO2. The molecule has 0 spiro atoms. The second kappa shape index (κ2) is 6.49. The van der Waals surface area contributed by atoms with Gasteiger partial charge in [0, 0.05) is 23.9 Å². The molecule has 0 radical (unpaired) electrons. The van der Waals surface area contributed by atoms with Crippen LogP contribution in [0.25, 0.3) is 32.9 Å². The summed E-state index contributed by atoms with van der Waals surface area (Å²) in [4.78, 5) is 13.3. The first-order chi connectivity index (χ1) is 12.6. The Hall–Kier alpha value is -2.81. The molecule has 4 rings (SSSR count). The van der Waals surface area contributed by atoms with Crippen LogP contribution in [-0.4, -0.2) is 4.57 Å². The zero-order valence-electron chi connectivity index (χ0n) is 15.5. The average Bonchev–Trinajstić information content (AvgIpc) is 2.97. The molecule has 0 atom stereocenters. The molecule has 0 bridgehead atoms. The third-order valence-electron chi connectivity index (χ3n) is 5.13. The highest BCUT2D eigenvalue weighted by Gasteiger charge is 2.20.